The minimum absolute atomic E-state index is 0.786. The Balaban J connectivity index is 1.90. The molecule has 0 radical (unpaired) electrons. The molecule has 3 rings (SSSR count). The van der Waals surface area contributed by atoms with Crippen LogP contribution in [0.4, 0.5) is 0 Å². The molecule has 0 atom stereocenters. The second kappa shape index (κ2) is 5.86. The zero-order valence-corrected chi connectivity index (χ0v) is 12.3. The van der Waals surface area contributed by atoms with Gasteiger partial charge in [0.1, 0.15) is 5.75 Å². The summed E-state index contributed by atoms with van der Waals surface area (Å²) in [5, 5.41) is 4.11. The standard InChI is InChI=1S/C17H18ClNO/c1-2-19-11-12-3-5-15(16(18)9-12)13-4-6-17-14(10-13)7-8-20-17/h3-6,9-10,19H,2,7-8,11H2,1H3. The first-order valence-corrected chi connectivity index (χ1v) is 7.41. The summed E-state index contributed by atoms with van der Waals surface area (Å²) in [7, 11) is 0. The van der Waals surface area contributed by atoms with Crippen LogP contribution in [0.2, 0.25) is 5.02 Å². The third kappa shape index (κ3) is 2.67. The lowest BCUT2D eigenvalue weighted by Gasteiger charge is -2.09. The van der Waals surface area contributed by atoms with Crippen molar-refractivity contribution in [3.8, 4) is 16.9 Å². The Kier molecular flexibility index (Phi) is 3.95. The van der Waals surface area contributed by atoms with Crippen molar-refractivity contribution in [2.45, 2.75) is 19.9 Å². The fraction of sp³-hybridized carbons (Fsp3) is 0.294. The number of rotatable bonds is 4. The molecule has 1 aliphatic rings. The minimum Gasteiger partial charge on any atom is -0.493 e. The van der Waals surface area contributed by atoms with E-state index in [1.807, 2.05) is 12.1 Å². The van der Waals surface area contributed by atoms with Crippen molar-refractivity contribution in [3.05, 3.63) is 52.5 Å². The van der Waals surface area contributed by atoms with Crippen molar-refractivity contribution < 1.29 is 4.74 Å². The number of ether oxygens (including phenoxy) is 1. The zero-order chi connectivity index (χ0) is 13.9. The quantitative estimate of drug-likeness (QED) is 0.916. The van der Waals surface area contributed by atoms with Crippen LogP contribution in [0.15, 0.2) is 36.4 Å². The van der Waals surface area contributed by atoms with Gasteiger partial charge in [0, 0.05) is 23.6 Å². The van der Waals surface area contributed by atoms with E-state index in [9.17, 15) is 0 Å². The van der Waals surface area contributed by atoms with Gasteiger partial charge in [-0.1, -0.05) is 36.7 Å². The van der Waals surface area contributed by atoms with Crippen LogP contribution < -0.4 is 10.1 Å². The van der Waals surface area contributed by atoms with Gasteiger partial charge in [0.2, 0.25) is 0 Å². The third-order valence-electron chi connectivity index (χ3n) is 3.61. The number of fused-ring (bicyclic) bond motifs is 1. The van der Waals surface area contributed by atoms with Crippen LogP contribution in [0.1, 0.15) is 18.1 Å². The average molecular weight is 288 g/mol. The van der Waals surface area contributed by atoms with Crippen molar-refractivity contribution in [1.29, 1.82) is 0 Å². The Morgan fingerprint density at radius 3 is 2.90 bits per heavy atom. The van der Waals surface area contributed by atoms with E-state index >= 15 is 0 Å². The lowest BCUT2D eigenvalue weighted by Crippen LogP contribution is -2.11. The summed E-state index contributed by atoms with van der Waals surface area (Å²) in [6, 6.07) is 12.6. The summed E-state index contributed by atoms with van der Waals surface area (Å²) in [5.41, 5.74) is 4.73. The fourth-order valence-corrected chi connectivity index (χ4v) is 2.84. The van der Waals surface area contributed by atoms with Gasteiger partial charge < -0.3 is 10.1 Å². The highest BCUT2D eigenvalue weighted by atomic mass is 35.5. The monoisotopic (exact) mass is 287 g/mol. The van der Waals surface area contributed by atoms with E-state index in [0.717, 1.165) is 48.0 Å². The molecule has 3 heteroatoms. The molecule has 2 nitrogen and oxygen atoms in total. The lowest BCUT2D eigenvalue weighted by molar-refractivity contribution is 0.357. The summed E-state index contributed by atoms with van der Waals surface area (Å²) < 4.78 is 5.54. The second-order valence-electron chi connectivity index (χ2n) is 5.02. The van der Waals surface area contributed by atoms with E-state index in [1.165, 1.54) is 11.1 Å². The van der Waals surface area contributed by atoms with E-state index < -0.39 is 0 Å². The Morgan fingerprint density at radius 2 is 2.10 bits per heavy atom. The molecular formula is C17H18ClNO. The van der Waals surface area contributed by atoms with Gasteiger partial charge in [0.15, 0.2) is 0 Å². The fourth-order valence-electron chi connectivity index (χ4n) is 2.53. The van der Waals surface area contributed by atoms with Crippen LogP contribution in [-0.2, 0) is 13.0 Å². The number of halogens is 1. The van der Waals surface area contributed by atoms with Crippen molar-refractivity contribution in [1.82, 2.24) is 5.32 Å². The zero-order valence-electron chi connectivity index (χ0n) is 11.6. The van der Waals surface area contributed by atoms with Crippen LogP contribution in [0.3, 0.4) is 0 Å². The summed E-state index contributed by atoms with van der Waals surface area (Å²) in [6.45, 7) is 4.70. The molecule has 0 saturated carbocycles. The van der Waals surface area contributed by atoms with E-state index in [4.69, 9.17) is 16.3 Å². The van der Waals surface area contributed by atoms with Crippen molar-refractivity contribution in [2.24, 2.45) is 0 Å². The number of benzene rings is 2. The SMILES string of the molecule is CCNCc1ccc(-c2ccc3c(c2)CCO3)c(Cl)c1. The van der Waals surface area contributed by atoms with Gasteiger partial charge in [-0.3, -0.25) is 0 Å². The maximum atomic E-state index is 6.43. The third-order valence-corrected chi connectivity index (χ3v) is 3.93. The van der Waals surface area contributed by atoms with Crippen LogP contribution in [-0.4, -0.2) is 13.2 Å². The molecule has 0 saturated heterocycles. The molecule has 1 aliphatic heterocycles. The highest BCUT2D eigenvalue weighted by Gasteiger charge is 2.13. The Morgan fingerprint density at radius 1 is 1.20 bits per heavy atom. The van der Waals surface area contributed by atoms with Gasteiger partial charge in [-0.2, -0.15) is 0 Å². The Hall–Kier alpha value is -1.51. The molecule has 0 unspecified atom stereocenters. The van der Waals surface area contributed by atoms with Crippen LogP contribution in [0.5, 0.6) is 5.75 Å². The Bertz CT molecular complexity index is 624. The first-order valence-electron chi connectivity index (χ1n) is 7.03. The van der Waals surface area contributed by atoms with Crippen LogP contribution in [0.25, 0.3) is 11.1 Å². The molecule has 0 amide bonds. The molecule has 104 valence electrons. The predicted molar refractivity (Wildman–Crippen MR) is 83.5 cm³/mol. The van der Waals surface area contributed by atoms with Crippen molar-refractivity contribution >= 4 is 11.6 Å². The van der Waals surface area contributed by atoms with E-state index in [-0.39, 0.29) is 0 Å². The maximum absolute atomic E-state index is 6.43. The molecule has 0 aliphatic carbocycles. The first kappa shape index (κ1) is 13.5. The topological polar surface area (TPSA) is 21.3 Å². The van der Waals surface area contributed by atoms with E-state index in [1.54, 1.807) is 0 Å². The molecule has 0 spiro atoms. The number of hydrogen-bond acceptors (Lipinski definition) is 2. The van der Waals surface area contributed by atoms with Crippen molar-refractivity contribution in [2.75, 3.05) is 13.2 Å². The van der Waals surface area contributed by atoms with Gasteiger partial charge in [-0.15, -0.1) is 0 Å². The minimum atomic E-state index is 0.786. The number of hydrogen-bond donors (Lipinski definition) is 1. The van der Waals surface area contributed by atoms with Crippen molar-refractivity contribution in [3.63, 3.8) is 0 Å². The van der Waals surface area contributed by atoms with Crippen LogP contribution >= 0.6 is 11.6 Å². The average Bonchev–Trinajstić information content (AvgIpc) is 2.92. The smallest absolute Gasteiger partial charge is 0.122 e. The highest BCUT2D eigenvalue weighted by molar-refractivity contribution is 6.33. The molecule has 1 heterocycles. The van der Waals surface area contributed by atoms with Gasteiger partial charge in [0.25, 0.3) is 0 Å². The molecule has 1 N–H and O–H groups in total. The first-order chi connectivity index (χ1) is 9.78. The van der Waals surface area contributed by atoms with Gasteiger partial charge in [-0.25, -0.2) is 0 Å². The van der Waals surface area contributed by atoms with Gasteiger partial charge in [0.05, 0.1) is 6.61 Å². The molecule has 0 fully saturated rings. The highest BCUT2D eigenvalue weighted by Crippen LogP contribution is 2.34. The largest absolute Gasteiger partial charge is 0.493 e. The predicted octanol–water partition coefficient (Wildman–Crippen LogP) is 4.05. The molecule has 2 aromatic rings. The van der Waals surface area contributed by atoms with Gasteiger partial charge in [-0.05, 0) is 41.4 Å². The summed E-state index contributed by atoms with van der Waals surface area (Å²) in [5.74, 6) is 1.01. The van der Waals surface area contributed by atoms with Crippen LogP contribution in [0, 0.1) is 0 Å². The maximum Gasteiger partial charge on any atom is 0.122 e. The summed E-state index contributed by atoms with van der Waals surface area (Å²) in [6.07, 6.45) is 0.985. The molecule has 20 heavy (non-hydrogen) atoms. The second-order valence-corrected chi connectivity index (χ2v) is 5.42. The number of nitrogens with one attached hydrogen (secondary N) is 1. The summed E-state index contributed by atoms with van der Waals surface area (Å²) in [4.78, 5) is 0. The van der Waals surface area contributed by atoms with Gasteiger partial charge >= 0.3 is 0 Å². The Labute approximate surface area is 124 Å². The molecule has 0 bridgehead atoms. The molecule has 0 aromatic heterocycles. The molecular weight excluding hydrogens is 270 g/mol. The normalized spacial score (nSPS) is 13.1. The van der Waals surface area contributed by atoms with E-state index in [0.29, 0.717) is 0 Å². The summed E-state index contributed by atoms with van der Waals surface area (Å²) >= 11 is 6.43. The molecule has 2 aromatic carbocycles. The van der Waals surface area contributed by atoms with E-state index in [2.05, 4.69) is 36.5 Å². The lowest BCUT2D eigenvalue weighted by atomic mass is 10.0.